The number of hydrogen-bond donors (Lipinski definition) is 2. The van der Waals surface area contributed by atoms with Gasteiger partial charge in [0, 0.05) is 6.07 Å². The Bertz CT molecular complexity index is 1850. The second-order valence-corrected chi connectivity index (χ2v) is 17.5. The first-order valence-electron chi connectivity index (χ1n) is 20.9. The number of phenolic OH excluding ortho intramolecular Hbond substituents is 1. The first-order valence-corrected chi connectivity index (χ1v) is 23.8. The van der Waals surface area contributed by atoms with Crippen molar-refractivity contribution < 1.29 is 45.6 Å². The van der Waals surface area contributed by atoms with E-state index >= 15 is 0 Å². The fourth-order valence-corrected chi connectivity index (χ4v) is 8.17. The molecule has 0 bridgehead atoms. The molecule has 320 valence electrons. The third-order valence-electron chi connectivity index (χ3n) is 9.86. The van der Waals surface area contributed by atoms with Crippen LogP contribution < -0.4 is 14.6 Å². The minimum atomic E-state index is -4.71. The molecular formula is C46H62CaO10S2. The van der Waals surface area contributed by atoms with E-state index in [1.807, 2.05) is 24.3 Å². The van der Waals surface area contributed by atoms with Gasteiger partial charge in [0.15, 0.2) is 11.5 Å². The molecular weight excluding hydrogens is 817 g/mol. The number of para-hydroxylation sites is 2. The second-order valence-electron chi connectivity index (χ2n) is 14.8. The van der Waals surface area contributed by atoms with Gasteiger partial charge in [0.1, 0.15) is 32.3 Å². The minimum absolute atomic E-state index is 0. The van der Waals surface area contributed by atoms with E-state index < -0.39 is 30.9 Å². The standard InChI is InChI=1S/2C23H32O5S.Ca/c2*1-2-3-4-5-6-7-8-9-11-14-19-17-22(28-20-15-12-10-13-16-20)21(24)18-23(19)29(25,26)27;/h2*10,12-13,15-18,24H,2-9,11,14H2,1H3,(H,25,26,27);/q;;+2/p-2. The summed E-state index contributed by atoms with van der Waals surface area (Å²) in [6.07, 6.45) is 21.7. The number of benzene rings is 4. The minimum Gasteiger partial charge on any atom is -0.870 e. The molecule has 4 rings (SSSR count). The van der Waals surface area contributed by atoms with Crippen molar-refractivity contribution in [1.29, 1.82) is 0 Å². The molecule has 0 spiro atoms. The van der Waals surface area contributed by atoms with Crippen LogP contribution in [0.15, 0.2) is 94.7 Å². The van der Waals surface area contributed by atoms with Gasteiger partial charge in [-0.15, -0.1) is 0 Å². The van der Waals surface area contributed by atoms with Crippen LogP contribution in [0.4, 0.5) is 0 Å². The summed E-state index contributed by atoms with van der Waals surface area (Å²) in [5.41, 5.74) is 0.813. The predicted molar refractivity (Wildman–Crippen MR) is 232 cm³/mol. The first kappa shape index (κ1) is 52.3. The van der Waals surface area contributed by atoms with Crippen molar-refractivity contribution in [3.8, 4) is 34.5 Å². The van der Waals surface area contributed by atoms with Crippen LogP contribution in [0.5, 0.6) is 34.5 Å². The van der Waals surface area contributed by atoms with Crippen molar-refractivity contribution in [3.63, 3.8) is 0 Å². The molecule has 59 heavy (non-hydrogen) atoms. The number of hydrogen-bond acceptors (Lipinski definition) is 9. The first-order chi connectivity index (χ1) is 27.8. The van der Waals surface area contributed by atoms with Crippen molar-refractivity contribution in [2.75, 3.05) is 0 Å². The zero-order valence-electron chi connectivity index (χ0n) is 34.9. The van der Waals surface area contributed by atoms with Crippen molar-refractivity contribution in [3.05, 3.63) is 96.1 Å². The number of unbranched alkanes of at least 4 members (excludes halogenated alkanes) is 16. The van der Waals surface area contributed by atoms with Crippen LogP contribution in [0.1, 0.15) is 141 Å². The molecule has 0 aliphatic heterocycles. The van der Waals surface area contributed by atoms with Gasteiger partial charge >= 0.3 is 37.7 Å². The number of ether oxygens (including phenoxy) is 2. The summed E-state index contributed by atoms with van der Waals surface area (Å²) in [5, 5.41) is 22.4. The van der Waals surface area contributed by atoms with Gasteiger partial charge in [0.2, 0.25) is 0 Å². The van der Waals surface area contributed by atoms with Crippen LogP contribution in [-0.4, -0.2) is 68.8 Å². The van der Waals surface area contributed by atoms with Gasteiger partial charge in [0.05, 0.1) is 4.90 Å². The normalized spacial score (nSPS) is 11.3. The third kappa shape index (κ3) is 20.5. The van der Waals surface area contributed by atoms with Crippen LogP contribution >= 0.6 is 0 Å². The molecule has 13 heteroatoms. The monoisotopic (exact) mass is 878 g/mol. The Morgan fingerprint density at radius 3 is 1.31 bits per heavy atom. The molecule has 0 radical (unpaired) electrons. The number of rotatable bonds is 26. The fourth-order valence-electron chi connectivity index (χ4n) is 6.68. The number of aromatic hydroxyl groups is 1. The van der Waals surface area contributed by atoms with E-state index in [4.69, 9.17) is 9.47 Å². The summed E-state index contributed by atoms with van der Waals surface area (Å²) in [6.45, 7) is 4.41. The molecule has 0 atom stereocenters. The zero-order valence-corrected chi connectivity index (χ0v) is 38.8. The molecule has 0 aliphatic rings. The van der Waals surface area contributed by atoms with Crippen LogP contribution in [0.3, 0.4) is 0 Å². The maximum Gasteiger partial charge on any atom is 2.00 e. The summed E-state index contributed by atoms with van der Waals surface area (Å²) < 4.78 is 79.1. The Morgan fingerprint density at radius 1 is 0.525 bits per heavy atom. The molecule has 0 fully saturated rings. The third-order valence-corrected chi connectivity index (χ3v) is 11.7. The molecule has 0 unspecified atom stereocenters. The van der Waals surface area contributed by atoms with Crippen LogP contribution in [-0.2, 0) is 33.1 Å². The molecule has 10 nitrogen and oxygen atoms in total. The van der Waals surface area contributed by atoms with E-state index in [1.165, 1.54) is 82.8 Å². The largest absolute Gasteiger partial charge is 2.00 e. The molecule has 2 N–H and O–H groups in total. The fraction of sp³-hybridized carbons (Fsp3) is 0.478. The van der Waals surface area contributed by atoms with Crippen molar-refractivity contribution in [2.45, 2.75) is 152 Å². The van der Waals surface area contributed by atoms with Crippen LogP contribution in [0.25, 0.3) is 0 Å². The molecule has 0 saturated carbocycles. The number of phenols is 1. The maximum absolute atomic E-state index is 12.2. The summed E-state index contributed by atoms with van der Waals surface area (Å²) in [7, 11) is -9.13. The van der Waals surface area contributed by atoms with Crippen LogP contribution in [0.2, 0.25) is 0 Å². The SMILES string of the molecule is CCCCCCCCCCCc1cc(Oc2ccccc2)c(O)cc1S(=O)(=O)O.CCCCCCCCCCCc1cc(Oc2ccccc2)c([O-])cc1S(=O)(=O)[O-].[Ca+2]. The Morgan fingerprint density at radius 2 is 0.898 bits per heavy atom. The Labute approximate surface area is 383 Å². The van der Waals surface area contributed by atoms with E-state index in [2.05, 4.69) is 13.8 Å². The van der Waals surface area contributed by atoms with E-state index in [-0.39, 0.29) is 59.9 Å². The molecule has 0 heterocycles. The molecule has 0 saturated heterocycles. The molecule has 0 aromatic heterocycles. The maximum atomic E-state index is 12.2. The average molecular weight is 879 g/mol. The Balaban J connectivity index is 0.000000400. The van der Waals surface area contributed by atoms with E-state index in [9.17, 15) is 36.2 Å². The summed E-state index contributed by atoms with van der Waals surface area (Å²) in [4.78, 5) is -0.683. The van der Waals surface area contributed by atoms with E-state index in [1.54, 1.807) is 36.4 Å². The average Bonchev–Trinajstić information content (AvgIpc) is 3.19. The van der Waals surface area contributed by atoms with Crippen molar-refractivity contribution in [2.24, 2.45) is 0 Å². The van der Waals surface area contributed by atoms with Gasteiger partial charge in [-0.3, -0.25) is 4.55 Å². The summed E-state index contributed by atoms with van der Waals surface area (Å²) in [5.74, 6) is 0.299. The van der Waals surface area contributed by atoms with Crippen molar-refractivity contribution >= 4 is 58.0 Å². The van der Waals surface area contributed by atoms with E-state index in [0.717, 1.165) is 57.1 Å². The van der Waals surface area contributed by atoms with Gasteiger partial charge in [-0.1, -0.05) is 159 Å². The molecule has 0 amide bonds. The second kappa shape index (κ2) is 28.6. The quantitative estimate of drug-likeness (QED) is 0.0351. The predicted octanol–water partition coefficient (Wildman–Crippen LogP) is 11.7. The summed E-state index contributed by atoms with van der Waals surface area (Å²) in [6, 6.07) is 22.6. The Hall–Kier alpha value is -2.84. The van der Waals surface area contributed by atoms with Crippen LogP contribution in [0, 0.1) is 0 Å². The molecule has 4 aromatic rings. The number of aryl methyl sites for hydroxylation is 2. The van der Waals surface area contributed by atoms with Gasteiger partial charge < -0.3 is 24.2 Å². The van der Waals surface area contributed by atoms with Gasteiger partial charge in [-0.05, 0) is 79.3 Å². The summed E-state index contributed by atoms with van der Waals surface area (Å²) >= 11 is 0. The van der Waals surface area contributed by atoms with Gasteiger partial charge in [-0.2, -0.15) is 8.42 Å². The van der Waals surface area contributed by atoms with Crippen molar-refractivity contribution in [1.82, 2.24) is 0 Å². The molecule has 0 aliphatic carbocycles. The van der Waals surface area contributed by atoms with Gasteiger partial charge in [-0.25, -0.2) is 8.42 Å². The smallest absolute Gasteiger partial charge is 0.870 e. The zero-order chi connectivity index (χ0) is 42.2. The molecule has 4 aromatic carbocycles. The Kier molecular flexibility index (Phi) is 25.4. The van der Waals surface area contributed by atoms with Gasteiger partial charge in [0.25, 0.3) is 10.1 Å². The van der Waals surface area contributed by atoms with E-state index in [0.29, 0.717) is 35.5 Å². The topological polar surface area (TPSA) is 173 Å².